The van der Waals surface area contributed by atoms with Gasteiger partial charge in [0.05, 0.1) is 9.85 Å². The number of rotatable bonds is 4. The summed E-state index contributed by atoms with van der Waals surface area (Å²) in [5, 5.41) is 21.0. The van der Waals surface area contributed by atoms with Crippen molar-refractivity contribution in [3.8, 4) is 0 Å². The van der Waals surface area contributed by atoms with E-state index in [1.165, 1.54) is 12.1 Å². The summed E-state index contributed by atoms with van der Waals surface area (Å²) in [5.74, 6) is -0.258. The molecule has 180 valence electrons. The molecule has 0 aliphatic heterocycles. The van der Waals surface area contributed by atoms with Crippen LogP contribution in [0, 0.1) is 26.0 Å². The Morgan fingerprint density at radius 3 is 1.83 bits per heavy atom. The van der Waals surface area contributed by atoms with Gasteiger partial charge in [-0.3, -0.25) is 25.2 Å². The minimum absolute atomic E-state index is 0.124. The minimum atomic E-state index is -0.829. The molecule has 0 aliphatic rings. The summed E-state index contributed by atoms with van der Waals surface area (Å²) in [4.78, 5) is 27.8. The van der Waals surface area contributed by atoms with Crippen LogP contribution < -0.4 is 5.73 Å². The van der Waals surface area contributed by atoms with Crippen LogP contribution in [-0.2, 0) is 6.42 Å². The van der Waals surface area contributed by atoms with E-state index in [2.05, 4.69) is 41.8 Å². The number of anilines is 1. The molecular formula is C23H18Br2FN5O4. The molecule has 0 fully saturated rings. The third-order valence-electron chi connectivity index (χ3n) is 4.13. The van der Waals surface area contributed by atoms with Crippen molar-refractivity contribution in [2.45, 2.75) is 6.42 Å². The van der Waals surface area contributed by atoms with E-state index in [9.17, 15) is 24.6 Å². The van der Waals surface area contributed by atoms with Gasteiger partial charge < -0.3 is 5.73 Å². The molecule has 0 aliphatic carbocycles. The van der Waals surface area contributed by atoms with Gasteiger partial charge in [-0.2, -0.15) is 4.39 Å². The maximum atomic E-state index is 12.6. The molecule has 9 nitrogen and oxygen atoms in total. The lowest BCUT2D eigenvalue weighted by atomic mass is 10.1. The van der Waals surface area contributed by atoms with E-state index in [1.54, 1.807) is 30.6 Å². The molecule has 12 heteroatoms. The van der Waals surface area contributed by atoms with Crippen LogP contribution in [0.4, 0.5) is 21.6 Å². The quantitative estimate of drug-likeness (QED) is 0.206. The molecule has 4 aromatic rings. The average molecular weight is 607 g/mol. The van der Waals surface area contributed by atoms with E-state index in [0.29, 0.717) is 22.3 Å². The maximum Gasteiger partial charge on any atom is 0.304 e. The summed E-state index contributed by atoms with van der Waals surface area (Å²) in [6, 6.07) is 19.5. The summed E-state index contributed by atoms with van der Waals surface area (Å²) in [5.41, 5.74) is 6.33. The molecule has 0 radical (unpaired) electrons. The van der Waals surface area contributed by atoms with Crippen molar-refractivity contribution in [3.63, 3.8) is 0 Å². The van der Waals surface area contributed by atoms with Crippen LogP contribution in [0.15, 0.2) is 94.1 Å². The SMILES string of the molecule is Nc1ccccn1.O=[N+]([O-])c1ccc(Br)cc1Cc1ccccn1.O=[N+]([O-])c1ccc(Br)cc1F. The Kier molecular flexibility index (Phi) is 10.8. The van der Waals surface area contributed by atoms with Crippen LogP contribution in [0.5, 0.6) is 0 Å². The molecule has 0 amide bonds. The second-order valence-corrected chi connectivity index (χ2v) is 8.47. The molecule has 0 saturated carbocycles. The first kappa shape index (κ1) is 27.5. The number of nitrogens with two attached hydrogens (primary N) is 1. The molecule has 0 bridgehead atoms. The first-order valence-corrected chi connectivity index (χ1v) is 11.3. The smallest absolute Gasteiger partial charge is 0.304 e. The molecule has 2 heterocycles. The number of aromatic nitrogens is 2. The lowest BCUT2D eigenvalue weighted by Crippen LogP contribution is -1.98. The highest BCUT2D eigenvalue weighted by atomic mass is 79.9. The molecule has 4 rings (SSSR count). The van der Waals surface area contributed by atoms with E-state index in [0.717, 1.165) is 22.3 Å². The Morgan fingerprint density at radius 2 is 1.37 bits per heavy atom. The van der Waals surface area contributed by atoms with Gasteiger partial charge in [0.2, 0.25) is 5.82 Å². The van der Waals surface area contributed by atoms with Gasteiger partial charge in [-0.1, -0.05) is 44.0 Å². The fourth-order valence-corrected chi connectivity index (χ4v) is 3.32. The molecular weight excluding hydrogens is 589 g/mol. The van der Waals surface area contributed by atoms with E-state index < -0.39 is 16.4 Å². The lowest BCUT2D eigenvalue weighted by molar-refractivity contribution is -0.387. The number of pyridine rings is 2. The largest absolute Gasteiger partial charge is 0.384 e. The van der Waals surface area contributed by atoms with Gasteiger partial charge in [0.15, 0.2) is 0 Å². The van der Waals surface area contributed by atoms with E-state index in [-0.39, 0.29) is 10.6 Å². The highest BCUT2D eigenvalue weighted by Crippen LogP contribution is 2.25. The fraction of sp³-hybridized carbons (Fsp3) is 0.0435. The number of nitro benzene ring substituents is 2. The molecule has 2 N–H and O–H groups in total. The number of nitro groups is 2. The molecule has 2 aromatic carbocycles. The summed E-state index contributed by atoms with van der Waals surface area (Å²) in [6.07, 6.45) is 3.80. The third kappa shape index (κ3) is 9.55. The monoisotopic (exact) mass is 605 g/mol. The second kappa shape index (κ2) is 13.8. The van der Waals surface area contributed by atoms with Crippen molar-refractivity contribution in [1.29, 1.82) is 0 Å². The van der Waals surface area contributed by atoms with E-state index in [1.807, 2.05) is 30.3 Å². The molecule has 0 unspecified atom stereocenters. The van der Waals surface area contributed by atoms with Gasteiger partial charge in [0, 0.05) is 51.2 Å². The molecule has 0 atom stereocenters. The number of hydrogen-bond acceptors (Lipinski definition) is 7. The number of nitrogens with zero attached hydrogens (tertiary/aromatic N) is 4. The third-order valence-corrected chi connectivity index (χ3v) is 5.12. The van der Waals surface area contributed by atoms with Crippen LogP contribution >= 0.6 is 31.9 Å². The molecule has 2 aromatic heterocycles. The summed E-state index contributed by atoms with van der Waals surface area (Å²) < 4.78 is 13.9. The molecule has 0 saturated heterocycles. The highest BCUT2D eigenvalue weighted by molar-refractivity contribution is 9.10. The van der Waals surface area contributed by atoms with Crippen molar-refractivity contribution in [3.05, 3.63) is 131 Å². The Balaban J connectivity index is 0.000000205. The topological polar surface area (TPSA) is 138 Å². The van der Waals surface area contributed by atoms with Gasteiger partial charge in [0.25, 0.3) is 5.69 Å². The average Bonchev–Trinajstić information content (AvgIpc) is 2.81. The standard InChI is InChI=1S/C12H9BrN2O2.C6H3BrFNO2.C5H6N2/c13-10-4-5-12(15(16)17)9(7-10)8-11-3-1-2-6-14-11;7-4-1-2-6(9(10)11)5(8)3-4;6-5-3-1-2-4-7-5/h1-7H,8H2;1-3H;1-4H,(H2,6,7). The number of nitrogen functional groups attached to an aromatic ring is 1. The maximum absolute atomic E-state index is 12.6. The molecule has 0 spiro atoms. The normalized spacial score (nSPS) is 9.69. The van der Waals surface area contributed by atoms with Crippen LogP contribution in [0.3, 0.4) is 0 Å². The van der Waals surface area contributed by atoms with E-state index in [4.69, 9.17) is 5.73 Å². The predicted octanol–water partition coefficient (Wildman–Crippen LogP) is 6.50. The zero-order valence-electron chi connectivity index (χ0n) is 17.9. The van der Waals surface area contributed by atoms with Gasteiger partial charge >= 0.3 is 5.69 Å². The predicted molar refractivity (Wildman–Crippen MR) is 137 cm³/mol. The van der Waals surface area contributed by atoms with Crippen LogP contribution in [0.2, 0.25) is 0 Å². The summed E-state index contributed by atoms with van der Waals surface area (Å²) in [6.45, 7) is 0. The zero-order chi connectivity index (χ0) is 25.8. The van der Waals surface area contributed by atoms with Crippen molar-refractivity contribution in [2.24, 2.45) is 0 Å². The number of hydrogen-bond donors (Lipinski definition) is 1. The van der Waals surface area contributed by atoms with Crippen molar-refractivity contribution < 1.29 is 14.2 Å². The van der Waals surface area contributed by atoms with Crippen molar-refractivity contribution >= 4 is 49.1 Å². The van der Waals surface area contributed by atoms with Gasteiger partial charge in [-0.15, -0.1) is 0 Å². The fourth-order valence-electron chi connectivity index (χ4n) is 2.58. The highest BCUT2D eigenvalue weighted by Gasteiger charge is 2.14. The Morgan fingerprint density at radius 1 is 0.800 bits per heavy atom. The zero-order valence-corrected chi connectivity index (χ0v) is 21.1. The number of benzene rings is 2. The van der Waals surface area contributed by atoms with Gasteiger partial charge in [0.1, 0.15) is 5.82 Å². The van der Waals surface area contributed by atoms with Crippen LogP contribution in [-0.4, -0.2) is 19.8 Å². The molecule has 35 heavy (non-hydrogen) atoms. The van der Waals surface area contributed by atoms with Crippen LogP contribution in [0.1, 0.15) is 11.3 Å². The van der Waals surface area contributed by atoms with E-state index >= 15 is 0 Å². The van der Waals surface area contributed by atoms with Crippen molar-refractivity contribution in [2.75, 3.05) is 5.73 Å². The summed E-state index contributed by atoms with van der Waals surface area (Å²) >= 11 is 6.30. The minimum Gasteiger partial charge on any atom is -0.384 e. The van der Waals surface area contributed by atoms with Crippen molar-refractivity contribution in [1.82, 2.24) is 9.97 Å². The van der Waals surface area contributed by atoms with Gasteiger partial charge in [-0.05, 0) is 48.5 Å². The van der Waals surface area contributed by atoms with Gasteiger partial charge in [-0.25, -0.2) is 4.98 Å². The van der Waals surface area contributed by atoms with Crippen LogP contribution in [0.25, 0.3) is 0 Å². The Labute approximate surface area is 216 Å². The Hall–Kier alpha value is -3.77. The summed E-state index contributed by atoms with van der Waals surface area (Å²) in [7, 11) is 0. The Bertz CT molecular complexity index is 1280. The number of halogens is 3. The second-order valence-electron chi connectivity index (χ2n) is 6.64. The first-order chi connectivity index (χ1) is 16.7. The first-order valence-electron chi connectivity index (χ1n) is 9.76. The lowest BCUT2D eigenvalue weighted by Gasteiger charge is -2.03.